The first-order valence-corrected chi connectivity index (χ1v) is 10.6. The summed E-state index contributed by atoms with van der Waals surface area (Å²) in [6, 6.07) is 18.9. The van der Waals surface area contributed by atoms with Gasteiger partial charge in [-0.25, -0.2) is 0 Å². The number of amides is 2. The smallest absolute Gasteiger partial charge is 0.251 e. The molecule has 0 spiro atoms. The van der Waals surface area contributed by atoms with Crippen molar-refractivity contribution in [2.45, 2.75) is 44.7 Å². The van der Waals surface area contributed by atoms with Crippen molar-refractivity contribution >= 4 is 24.2 Å². The van der Waals surface area contributed by atoms with Crippen LogP contribution in [-0.2, 0) is 4.79 Å². The summed E-state index contributed by atoms with van der Waals surface area (Å²) in [5, 5.41) is 6.45. The van der Waals surface area contributed by atoms with Gasteiger partial charge in [0.25, 0.3) is 5.91 Å². The summed E-state index contributed by atoms with van der Waals surface area (Å²) in [7, 11) is 0. The summed E-state index contributed by atoms with van der Waals surface area (Å²) in [5.41, 5.74) is 1.55. The SMILES string of the molecule is CCCN(C(=O)CC(NC(=O)c1ccccc1)c1ccccc1)C1CCNCC1.Cl. The van der Waals surface area contributed by atoms with Crippen LogP contribution < -0.4 is 10.6 Å². The van der Waals surface area contributed by atoms with Crippen molar-refractivity contribution in [3.8, 4) is 0 Å². The number of hydrogen-bond acceptors (Lipinski definition) is 3. The highest BCUT2D eigenvalue weighted by Crippen LogP contribution is 2.21. The highest BCUT2D eigenvalue weighted by Gasteiger charge is 2.27. The number of benzene rings is 2. The Morgan fingerprint density at radius 1 is 1.03 bits per heavy atom. The average Bonchev–Trinajstić information content (AvgIpc) is 2.78. The highest BCUT2D eigenvalue weighted by molar-refractivity contribution is 5.94. The standard InChI is InChI=1S/C24H31N3O2.ClH/c1-2-17-27(21-13-15-25-16-14-21)23(28)18-22(19-9-5-3-6-10-19)26-24(29)20-11-7-4-8-12-20;/h3-12,21-22,25H,2,13-18H2,1H3,(H,26,29);1H. The summed E-state index contributed by atoms with van der Waals surface area (Å²) < 4.78 is 0. The molecule has 0 bridgehead atoms. The Labute approximate surface area is 185 Å². The van der Waals surface area contributed by atoms with E-state index in [0.717, 1.165) is 44.5 Å². The molecule has 1 fully saturated rings. The second-order valence-electron chi connectivity index (χ2n) is 7.58. The topological polar surface area (TPSA) is 61.4 Å². The largest absolute Gasteiger partial charge is 0.345 e. The van der Waals surface area contributed by atoms with Gasteiger partial charge in [0.05, 0.1) is 12.5 Å². The first-order chi connectivity index (χ1) is 14.2. The van der Waals surface area contributed by atoms with Gasteiger partial charge in [-0.2, -0.15) is 0 Å². The predicted octanol–water partition coefficient (Wildman–Crippen LogP) is 3.96. The Morgan fingerprint density at radius 2 is 1.63 bits per heavy atom. The molecule has 0 aliphatic carbocycles. The number of carbonyl (C=O) groups excluding carboxylic acids is 2. The molecule has 2 aromatic rings. The monoisotopic (exact) mass is 429 g/mol. The molecule has 1 unspecified atom stereocenters. The van der Waals surface area contributed by atoms with Crippen LogP contribution in [0, 0.1) is 0 Å². The lowest BCUT2D eigenvalue weighted by Gasteiger charge is -2.35. The Morgan fingerprint density at radius 3 is 2.23 bits per heavy atom. The average molecular weight is 430 g/mol. The first-order valence-electron chi connectivity index (χ1n) is 10.6. The van der Waals surface area contributed by atoms with Gasteiger partial charge in [0, 0.05) is 18.2 Å². The lowest BCUT2D eigenvalue weighted by atomic mass is 9.99. The van der Waals surface area contributed by atoms with Gasteiger partial charge in [-0.3, -0.25) is 9.59 Å². The predicted molar refractivity (Wildman–Crippen MR) is 123 cm³/mol. The van der Waals surface area contributed by atoms with Gasteiger partial charge in [0.2, 0.25) is 5.91 Å². The fraction of sp³-hybridized carbons (Fsp3) is 0.417. The van der Waals surface area contributed by atoms with Gasteiger partial charge in [-0.05, 0) is 50.0 Å². The molecule has 30 heavy (non-hydrogen) atoms. The Kier molecular flexibility index (Phi) is 9.84. The van der Waals surface area contributed by atoms with Crippen molar-refractivity contribution in [3.63, 3.8) is 0 Å². The molecule has 2 aromatic carbocycles. The van der Waals surface area contributed by atoms with Crippen LogP contribution in [0.2, 0.25) is 0 Å². The van der Waals surface area contributed by atoms with Gasteiger partial charge in [0.15, 0.2) is 0 Å². The van der Waals surface area contributed by atoms with E-state index in [1.54, 1.807) is 12.1 Å². The molecule has 162 valence electrons. The van der Waals surface area contributed by atoms with Crippen molar-refractivity contribution in [2.24, 2.45) is 0 Å². The van der Waals surface area contributed by atoms with Crippen LogP contribution >= 0.6 is 12.4 Å². The third-order valence-corrected chi connectivity index (χ3v) is 5.46. The van der Waals surface area contributed by atoms with Crippen molar-refractivity contribution in [1.29, 1.82) is 0 Å². The molecular formula is C24H32ClN3O2. The van der Waals surface area contributed by atoms with E-state index in [4.69, 9.17) is 0 Å². The van der Waals surface area contributed by atoms with Crippen LogP contribution in [0.15, 0.2) is 60.7 Å². The van der Waals surface area contributed by atoms with E-state index in [1.165, 1.54) is 0 Å². The number of halogens is 1. The van der Waals surface area contributed by atoms with Gasteiger partial charge in [-0.15, -0.1) is 12.4 Å². The molecule has 0 aromatic heterocycles. The summed E-state index contributed by atoms with van der Waals surface area (Å²) >= 11 is 0. The van der Waals surface area contributed by atoms with E-state index >= 15 is 0 Å². The Bertz CT molecular complexity index is 780. The van der Waals surface area contributed by atoms with Crippen LogP contribution in [0.5, 0.6) is 0 Å². The second kappa shape index (κ2) is 12.4. The molecule has 1 aliphatic rings. The molecule has 2 amide bonds. The quantitative estimate of drug-likeness (QED) is 0.667. The molecule has 0 saturated carbocycles. The molecule has 3 rings (SSSR count). The molecular weight excluding hydrogens is 398 g/mol. The number of carbonyl (C=O) groups is 2. The lowest BCUT2D eigenvalue weighted by Crippen LogP contribution is -2.47. The summed E-state index contributed by atoms with van der Waals surface area (Å²) in [6.45, 7) is 4.76. The Balaban J connectivity index is 0.00000320. The van der Waals surface area contributed by atoms with E-state index in [2.05, 4.69) is 17.6 Å². The fourth-order valence-electron chi connectivity index (χ4n) is 3.93. The van der Waals surface area contributed by atoms with Gasteiger partial charge >= 0.3 is 0 Å². The van der Waals surface area contributed by atoms with Gasteiger partial charge < -0.3 is 15.5 Å². The zero-order valence-corrected chi connectivity index (χ0v) is 18.4. The van der Waals surface area contributed by atoms with Crippen LogP contribution in [-0.4, -0.2) is 42.4 Å². The van der Waals surface area contributed by atoms with Crippen molar-refractivity contribution in [3.05, 3.63) is 71.8 Å². The minimum atomic E-state index is -0.350. The summed E-state index contributed by atoms with van der Waals surface area (Å²) in [5.74, 6) is -0.0443. The molecule has 1 aliphatic heterocycles. The molecule has 2 N–H and O–H groups in total. The third-order valence-electron chi connectivity index (χ3n) is 5.46. The molecule has 6 heteroatoms. The minimum Gasteiger partial charge on any atom is -0.345 e. The van der Waals surface area contributed by atoms with Crippen LogP contribution in [0.25, 0.3) is 0 Å². The van der Waals surface area contributed by atoms with Crippen molar-refractivity contribution in [2.75, 3.05) is 19.6 Å². The number of rotatable bonds is 8. The molecule has 5 nitrogen and oxygen atoms in total. The van der Waals surface area contributed by atoms with E-state index < -0.39 is 0 Å². The van der Waals surface area contributed by atoms with E-state index in [1.807, 2.05) is 53.4 Å². The fourth-order valence-corrected chi connectivity index (χ4v) is 3.93. The highest BCUT2D eigenvalue weighted by atomic mass is 35.5. The van der Waals surface area contributed by atoms with Gasteiger partial charge in [-0.1, -0.05) is 55.5 Å². The second-order valence-corrected chi connectivity index (χ2v) is 7.58. The van der Waals surface area contributed by atoms with E-state index in [0.29, 0.717) is 5.56 Å². The van der Waals surface area contributed by atoms with E-state index in [-0.39, 0.29) is 42.7 Å². The maximum Gasteiger partial charge on any atom is 0.251 e. The summed E-state index contributed by atoms with van der Waals surface area (Å²) in [6.07, 6.45) is 3.17. The molecule has 0 radical (unpaired) electrons. The number of nitrogens with one attached hydrogen (secondary N) is 2. The molecule has 1 atom stereocenters. The maximum atomic E-state index is 13.3. The third kappa shape index (κ3) is 6.57. The number of hydrogen-bond donors (Lipinski definition) is 2. The number of piperidine rings is 1. The zero-order valence-electron chi connectivity index (χ0n) is 17.5. The maximum absolute atomic E-state index is 13.3. The first kappa shape index (κ1) is 23.9. The Hall–Kier alpha value is -2.37. The molecule has 1 heterocycles. The van der Waals surface area contributed by atoms with Crippen LogP contribution in [0.4, 0.5) is 0 Å². The van der Waals surface area contributed by atoms with Gasteiger partial charge in [0.1, 0.15) is 0 Å². The van der Waals surface area contributed by atoms with Crippen LogP contribution in [0.3, 0.4) is 0 Å². The van der Waals surface area contributed by atoms with E-state index in [9.17, 15) is 9.59 Å². The normalized spacial score (nSPS) is 15.0. The lowest BCUT2D eigenvalue weighted by molar-refractivity contribution is -0.134. The van der Waals surface area contributed by atoms with Crippen LogP contribution in [0.1, 0.15) is 54.6 Å². The zero-order chi connectivity index (χ0) is 20.5. The summed E-state index contributed by atoms with van der Waals surface area (Å²) in [4.78, 5) is 28.1. The number of nitrogens with zero attached hydrogens (tertiary/aromatic N) is 1. The van der Waals surface area contributed by atoms with Crippen molar-refractivity contribution in [1.82, 2.24) is 15.5 Å². The minimum absolute atomic E-state index is 0. The molecule has 1 saturated heterocycles. The van der Waals surface area contributed by atoms with Crippen molar-refractivity contribution < 1.29 is 9.59 Å².